The van der Waals surface area contributed by atoms with Gasteiger partial charge in [-0.3, -0.25) is 9.59 Å². The smallest absolute Gasteiger partial charge is 0.343 e. The van der Waals surface area contributed by atoms with Gasteiger partial charge in [0.25, 0.3) is 11.8 Å². The predicted octanol–water partition coefficient (Wildman–Crippen LogP) is 5.61. The van der Waals surface area contributed by atoms with Gasteiger partial charge in [-0.25, -0.2) is 9.69 Å². The zero-order valence-electron chi connectivity index (χ0n) is 17.7. The summed E-state index contributed by atoms with van der Waals surface area (Å²) in [6.07, 6.45) is 0. The molecule has 0 aromatic heterocycles. The largest absolute Gasteiger partial charge is 0.423 e. The van der Waals surface area contributed by atoms with Crippen LogP contribution in [0, 0.1) is 13.8 Å². The molecule has 2 amide bonds. The molecule has 4 rings (SSSR count). The minimum absolute atomic E-state index is 0.0343. The van der Waals surface area contributed by atoms with Gasteiger partial charge in [0.2, 0.25) is 0 Å². The van der Waals surface area contributed by atoms with Crippen LogP contribution in [-0.4, -0.2) is 17.8 Å². The molecule has 0 saturated carbocycles. The summed E-state index contributed by atoms with van der Waals surface area (Å²) in [5.74, 6) is -1.31. The maximum atomic E-state index is 12.8. The van der Waals surface area contributed by atoms with Crippen molar-refractivity contribution in [1.29, 1.82) is 0 Å². The Morgan fingerprint density at radius 2 is 1.48 bits per heavy atom. The molecule has 0 saturated heterocycles. The first-order valence-electron chi connectivity index (χ1n) is 9.96. The lowest BCUT2D eigenvalue weighted by molar-refractivity contribution is -0.120. The molecule has 3 aromatic rings. The van der Waals surface area contributed by atoms with E-state index in [-0.39, 0.29) is 10.7 Å². The Morgan fingerprint density at radius 1 is 0.879 bits per heavy atom. The van der Waals surface area contributed by atoms with E-state index in [1.165, 1.54) is 0 Å². The van der Waals surface area contributed by atoms with Crippen LogP contribution in [0.3, 0.4) is 0 Å². The van der Waals surface area contributed by atoms with E-state index < -0.39 is 17.8 Å². The number of carbonyl (C=O) groups is 3. The number of nitrogens with one attached hydrogen (secondary N) is 1. The number of aryl methyl sites for hydroxylation is 2. The normalized spacial score (nSPS) is 13.5. The third kappa shape index (κ3) is 4.49. The SMILES string of the molecule is Cc1cc(OC(=O)c2ccc(NC3=C(Cl)C(=O)N(c4ccccc4)C3=O)cc2)cc(C)c1Cl. The number of amides is 2. The highest BCUT2D eigenvalue weighted by Gasteiger charge is 2.38. The van der Waals surface area contributed by atoms with E-state index in [0.29, 0.717) is 27.7 Å². The molecule has 0 atom stereocenters. The lowest BCUT2D eigenvalue weighted by Crippen LogP contribution is -2.32. The fourth-order valence-electron chi connectivity index (χ4n) is 3.39. The fraction of sp³-hybridized carbons (Fsp3) is 0.0800. The van der Waals surface area contributed by atoms with Crippen molar-refractivity contribution in [3.05, 3.63) is 99.2 Å². The minimum Gasteiger partial charge on any atom is -0.423 e. The summed E-state index contributed by atoms with van der Waals surface area (Å²) in [6, 6.07) is 18.2. The van der Waals surface area contributed by atoms with Gasteiger partial charge in [0.1, 0.15) is 16.5 Å². The van der Waals surface area contributed by atoms with Crippen LogP contribution in [0.4, 0.5) is 11.4 Å². The summed E-state index contributed by atoms with van der Waals surface area (Å²) in [5.41, 5.74) is 2.80. The second kappa shape index (κ2) is 9.10. The van der Waals surface area contributed by atoms with Crippen molar-refractivity contribution >= 4 is 52.4 Å². The number of esters is 1. The highest BCUT2D eigenvalue weighted by atomic mass is 35.5. The summed E-state index contributed by atoms with van der Waals surface area (Å²) < 4.78 is 5.45. The van der Waals surface area contributed by atoms with Crippen molar-refractivity contribution in [3.8, 4) is 5.75 Å². The highest BCUT2D eigenvalue weighted by molar-refractivity contribution is 6.53. The zero-order valence-corrected chi connectivity index (χ0v) is 19.2. The van der Waals surface area contributed by atoms with Crippen molar-refractivity contribution in [2.24, 2.45) is 0 Å². The van der Waals surface area contributed by atoms with Gasteiger partial charge in [-0.1, -0.05) is 41.4 Å². The Bertz CT molecular complexity index is 1280. The number of hydrogen-bond donors (Lipinski definition) is 1. The van der Waals surface area contributed by atoms with Gasteiger partial charge in [0.15, 0.2) is 0 Å². The number of anilines is 2. The van der Waals surface area contributed by atoms with E-state index in [4.69, 9.17) is 27.9 Å². The fourth-order valence-corrected chi connectivity index (χ4v) is 3.71. The van der Waals surface area contributed by atoms with E-state index in [1.807, 2.05) is 13.8 Å². The second-order valence-corrected chi connectivity index (χ2v) is 8.19. The predicted molar refractivity (Wildman–Crippen MR) is 128 cm³/mol. The number of benzene rings is 3. The number of hydrogen-bond acceptors (Lipinski definition) is 5. The lowest BCUT2D eigenvalue weighted by atomic mass is 10.1. The lowest BCUT2D eigenvalue weighted by Gasteiger charge is -2.15. The molecule has 0 radical (unpaired) electrons. The average molecular weight is 481 g/mol. The maximum absolute atomic E-state index is 12.8. The molecular formula is C25H18Cl2N2O4. The molecule has 1 N–H and O–H groups in total. The summed E-state index contributed by atoms with van der Waals surface area (Å²) >= 11 is 12.3. The molecule has 1 aliphatic rings. The monoisotopic (exact) mass is 480 g/mol. The van der Waals surface area contributed by atoms with Crippen LogP contribution in [0.25, 0.3) is 0 Å². The number of para-hydroxylation sites is 1. The maximum Gasteiger partial charge on any atom is 0.343 e. The average Bonchev–Trinajstić information content (AvgIpc) is 3.01. The third-order valence-electron chi connectivity index (χ3n) is 5.05. The van der Waals surface area contributed by atoms with Crippen molar-refractivity contribution in [2.75, 3.05) is 10.2 Å². The van der Waals surface area contributed by atoms with Crippen molar-refractivity contribution in [3.63, 3.8) is 0 Å². The number of halogens is 2. The molecule has 8 heteroatoms. The summed E-state index contributed by atoms with van der Waals surface area (Å²) in [6.45, 7) is 3.67. The number of nitrogens with zero attached hydrogens (tertiary/aromatic N) is 1. The Labute approximate surface area is 200 Å². The number of imide groups is 1. The van der Waals surface area contributed by atoms with Crippen LogP contribution in [-0.2, 0) is 9.59 Å². The van der Waals surface area contributed by atoms with Crippen LogP contribution in [0.15, 0.2) is 77.5 Å². The molecular weight excluding hydrogens is 463 g/mol. The van der Waals surface area contributed by atoms with Crippen LogP contribution >= 0.6 is 23.2 Å². The first kappa shape index (κ1) is 22.6. The minimum atomic E-state index is -0.607. The van der Waals surface area contributed by atoms with Gasteiger partial charge in [-0.2, -0.15) is 0 Å². The Kier molecular flexibility index (Phi) is 6.22. The molecule has 0 aliphatic carbocycles. The van der Waals surface area contributed by atoms with Gasteiger partial charge < -0.3 is 10.1 Å². The first-order valence-corrected chi connectivity index (χ1v) is 10.7. The van der Waals surface area contributed by atoms with Crippen molar-refractivity contribution < 1.29 is 19.1 Å². The topological polar surface area (TPSA) is 75.7 Å². The molecule has 166 valence electrons. The summed E-state index contributed by atoms with van der Waals surface area (Å²) in [5, 5.41) is 3.30. The van der Waals surface area contributed by atoms with E-state index in [9.17, 15) is 14.4 Å². The van der Waals surface area contributed by atoms with Crippen LogP contribution in [0.5, 0.6) is 5.75 Å². The van der Waals surface area contributed by atoms with Gasteiger partial charge in [-0.05, 0) is 73.5 Å². The van der Waals surface area contributed by atoms with Crippen LogP contribution < -0.4 is 15.0 Å². The molecule has 1 aliphatic heterocycles. The quantitative estimate of drug-likeness (QED) is 0.291. The molecule has 33 heavy (non-hydrogen) atoms. The summed E-state index contributed by atoms with van der Waals surface area (Å²) in [7, 11) is 0. The molecule has 6 nitrogen and oxygen atoms in total. The van der Waals surface area contributed by atoms with E-state index >= 15 is 0 Å². The molecule has 0 unspecified atom stereocenters. The van der Waals surface area contributed by atoms with Gasteiger partial charge in [-0.15, -0.1) is 0 Å². The zero-order chi connectivity index (χ0) is 23.7. The van der Waals surface area contributed by atoms with Gasteiger partial charge in [0, 0.05) is 10.7 Å². The first-order chi connectivity index (χ1) is 15.8. The number of ether oxygens (including phenoxy) is 1. The molecule has 0 fully saturated rings. The van der Waals surface area contributed by atoms with E-state index in [1.54, 1.807) is 66.7 Å². The second-order valence-electron chi connectivity index (χ2n) is 7.43. The van der Waals surface area contributed by atoms with Crippen molar-refractivity contribution in [1.82, 2.24) is 0 Å². The molecule has 3 aromatic carbocycles. The van der Waals surface area contributed by atoms with E-state index in [2.05, 4.69) is 5.32 Å². The third-order valence-corrected chi connectivity index (χ3v) is 6.00. The Morgan fingerprint density at radius 3 is 2.09 bits per heavy atom. The van der Waals surface area contributed by atoms with Crippen molar-refractivity contribution in [2.45, 2.75) is 13.8 Å². The van der Waals surface area contributed by atoms with Crippen LogP contribution in [0.2, 0.25) is 5.02 Å². The van der Waals surface area contributed by atoms with Gasteiger partial charge in [0.05, 0.1) is 11.3 Å². The molecule has 0 spiro atoms. The molecule has 0 bridgehead atoms. The van der Waals surface area contributed by atoms with E-state index in [0.717, 1.165) is 16.0 Å². The van der Waals surface area contributed by atoms with Gasteiger partial charge >= 0.3 is 5.97 Å². The summed E-state index contributed by atoms with van der Waals surface area (Å²) in [4.78, 5) is 38.8. The Hall–Kier alpha value is -3.61. The molecule has 1 heterocycles. The standard InChI is InChI=1S/C25H18Cl2N2O4/c1-14-12-19(13-15(2)20(14)26)33-25(32)16-8-10-17(11-9-16)28-22-21(27)23(30)29(24(22)31)18-6-4-3-5-7-18/h3-13,28H,1-2H3. The highest BCUT2D eigenvalue weighted by Crippen LogP contribution is 2.30. The van der Waals surface area contributed by atoms with Crippen LogP contribution in [0.1, 0.15) is 21.5 Å². The number of rotatable bonds is 5. The number of carbonyl (C=O) groups excluding carboxylic acids is 3. The Balaban J connectivity index is 1.48.